The van der Waals surface area contributed by atoms with E-state index in [0.717, 1.165) is 0 Å². The fourth-order valence-corrected chi connectivity index (χ4v) is 5.76. The monoisotopic (exact) mass is 510 g/mol. The SMILES string of the molecule is Cc1ccc(-c2cc(-c3ccccc3)c3cc4cc(-c5ccc(C)cc5)cc(-c5ccccc5)c4cc3c2)cc1. The zero-order valence-corrected chi connectivity index (χ0v) is 22.9. The summed E-state index contributed by atoms with van der Waals surface area (Å²) in [5, 5.41) is 5.05. The minimum atomic E-state index is 1.23. The zero-order chi connectivity index (χ0) is 27.1. The van der Waals surface area contributed by atoms with Gasteiger partial charge in [-0.3, -0.25) is 0 Å². The van der Waals surface area contributed by atoms with Gasteiger partial charge in [-0.15, -0.1) is 0 Å². The number of hydrogen-bond donors (Lipinski definition) is 0. The summed E-state index contributed by atoms with van der Waals surface area (Å²) in [6.45, 7) is 4.28. The molecule has 0 amide bonds. The highest BCUT2D eigenvalue weighted by Crippen LogP contribution is 2.40. The van der Waals surface area contributed by atoms with Crippen molar-refractivity contribution in [3.05, 3.63) is 157 Å². The van der Waals surface area contributed by atoms with Gasteiger partial charge in [-0.25, -0.2) is 0 Å². The van der Waals surface area contributed by atoms with E-state index in [-0.39, 0.29) is 0 Å². The lowest BCUT2D eigenvalue weighted by molar-refractivity contribution is 1.47. The molecule has 0 saturated carbocycles. The molecule has 0 atom stereocenters. The molecule has 7 aromatic carbocycles. The number of benzene rings is 7. The third-order valence-corrected chi connectivity index (χ3v) is 7.96. The Balaban J connectivity index is 1.55. The molecule has 0 aromatic heterocycles. The number of rotatable bonds is 4. The van der Waals surface area contributed by atoms with Gasteiger partial charge in [0.15, 0.2) is 0 Å². The Morgan fingerprint density at radius 2 is 0.675 bits per heavy atom. The quantitative estimate of drug-likeness (QED) is 0.207. The zero-order valence-electron chi connectivity index (χ0n) is 22.9. The molecular formula is C40H30. The van der Waals surface area contributed by atoms with Crippen molar-refractivity contribution in [2.45, 2.75) is 13.8 Å². The Morgan fingerprint density at radius 3 is 1.05 bits per heavy atom. The molecule has 0 bridgehead atoms. The topological polar surface area (TPSA) is 0 Å². The molecule has 0 aliphatic heterocycles. The third kappa shape index (κ3) is 4.48. The van der Waals surface area contributed by atoms with Gasteiger partial charge in [-0.1, -0.05) is 120 Å². The van der Waals surface area contributed by atoms with Crippen molar-refractivity contribution < 1.29 is 0 Å². The Morgan fingerprint density at radius 1 is 0.300 bits per heavy atom. The molecule has 7 rings (SSSR count). The maximum absolute atomic E-state index is 2.40. The minimum absolute atomic E-state index is 1.23. The van der Waals surface area contributed by atoms with Gasteiger partial charge in [-0.2, -0.15) is 0 Å². The first-order chi connectivity index (χ1) is 19.6. The van der Waals surface area contributed by atoms with Gasteiger partial charge >= 0.3 is 0 Å². The van der Waals surface area contributed by atoms with Crippen molar-refractivity contribution >= 4 is 21.5 Å². The number of fused-ring (bicyclic) bond motifs is 2. The standard InChI is InChI=1S/C40H30/c1-27-13-17-29(18-14-27)33-21-35-25-40-36(26-39(35)37(23-33)31-9-5-3-6-10-31)22-34(30-19-15-28(2)16-20-30)24-38(40)32-11-7-4-8-12-32/h3-26H,1-2H3. The average Bonchev–Trinajstić information content (AvgIpc) is 3.00. The summed E-state index contributed by atoms with van der Waals surface area (Å²) in [5.74, 6) is 0. The van der Waals surface area contributed by atoms with Crippen LogP contribution in [0.25, 0.3) is 66.1 Å². The van der Waals surface area contributed by atoms with Crippen molar-refractivity contribution in [2.75, 3.05) is 0 Å². The van der Waals surface area contributed by atoms with Crippen molar-refractivity contribution in [3.8, 4) is 44.5 Å². The van der Waals surface area contributed by atoms with Crippen LogP contribution in [0, 0.1) is 13.8 Å². The highest BCUT2D eigenvalue weighted by atomic mass is 14.2. The summed E-state index contributed by atoms with van der Waals surface area (Å²) in [4.78, 5) is 0. The van der Waals surface area contributed by atoms with Crippen LogP contribution in [0.4, 0.5) is 0 Å². The summed E-state index contributed by atoms with van der Waals surface area (Å²) in [6.07, 6.45) is 0. The van der Waals surface area contributed by atoms with E-state index >= 15 is 0 Å². The maximum atomic E-state index is 2.40. The normalized spacial score (nSPS) is 11.2. The second-order valence-corrected chi connectivity index (χ2v) is 10.8. The minimum Gasteiger partial charge on any atom is -0.0622 e. The van der Waals surface area contributed by atoms with Gasteiger partial charge in [0.1, 0.15) is 0 Å². The smallest absolute Gasteiger partial charge is 0.00986 e. The first-order valence-corrected chi connectivity index (χ1v) is 13.9. The van der Waals surface area contributed by atoms with E-state index in [1.807, 2.05) is 0 Å². The van der Waals surface area contributed by atoms with Crippen molar-refractivity contribution in [1.29, 1.82) is 0 Å². The van der Waals surface area contributed by atoms with E-state index in [2.05, 4.69) is 159 Å². The van der Waals surface area contributed by atoms with Crippen LogP contribution in [-0.2, 0) is 0 Å². The predicted molar refractivity (Wildman–Crippen MR) is 173 cm³/mol. The Bertz CT molecular complexity index is 1810. The molecule has 0 aliphatic carbocycles. The van der Waals surface area contributed by atoms with E-state index in [0.29, 0.717) is 0 Å². The fraction of sp³-hybridized carbons (Fsp3) is 0.0500. The summed E-state index contributed by atoms with van der Waals surface area (Å²) in [7, 11) is 0. The Kier molecular flexibility index (Phi) is 6.02. The third-order valence-electron chi connectivity index (χ3n) is 7.96. The van der Waals surface area contributed by atoms with Gasteiger partial charge in [0.05, 0.1) is 0 Å². The summed E-state index contributed by atoms with van der Waals surface area (Å²) < 4.78 is 0. The number of hydrogen-bond acceptors (Lipinski definition) is 0. The van der Waals surface area contributed by atoms with E-state index in [4.69, 9.17) is 0 Å². The molecule has 0 radical (unpaired) electrons. The molecule has 0 aliphatic rings. The molecule has 0 fully saturated rings. The van der Waals surface area contributed by atoms with Gasteiger partial charge in [0, 0.05) is 0 Å². The highest BCUT2D eigenvalue weighted by molar-refractivity contribution is 6.11. The van der Waals surface area contributed by atoms with E-state index in [1.54, 1.807) is 0 Å². The van der Waals surface area contributed by atoms with Crippen LogP contribution in [0.5, 0.6) is 0 Å². The lowest BCUT2D eigenvalue weighted by Crippen LogP contribution is -1.89. The summed E-state index contributed by atoms with van der Waals surface area (Å²) >= 11 is 0. The van der Waals surface area contributed by atoms with Crippen LogP contribution < -0.4 is 0 Å². The fourth-order valence-electron chi connectivity index (χ4n) is 5.76. The van der Waals surface area contributed by atoms with Gasteiger partial charge in [0.25, 0.3) is 0 Å². The lowest BCUT2D eigenvalue weighted by atomic mass is 9.88. The van der Waals surface area contributed by atoms with E-state index in [9.17, 15) is 0 Å². The van der Waals surface area contributed by atoms with Crippen molar-refractivity contribution in [3.63, 3.8) is 0 Å². The van der Waals surface area contributed by atoms with Gasteiger partial charge < -0.3 is 0 Å². The van der Waals surface area contributed by atoms with Crippen LogP contribution in [-0.4, -0.2) is 0 Å². The summed E-state index contributed by atoms with van der Waals surface area (Å²) in [6, 6.07) is 53.5. The van der Waals surface area contributed by atoms with Gasteiger partial charge in [0.2, 0.25) is 0 Å². The van der Waals surface area contributed by atoms with Crippen LogP contribution in [0.3, 0.4) is 0 Å². The number of aryl methyl sites for hydroxylation is 2. The predicted octanol–water partition coefficient (Wildman–Crippen LogP) is 11.3. The van der Waals surface area contributed by atoms with Crippen LogP contribution in [0.15, 0.2) is 146 Å². The second kappa shape index (κ2) is 9.98. The Labute approximate surface area is 236 Å². The maximum Gasteiger partial charge on any atom is -0.00986 e. The first kappa shape index (κ1) is 24.1. The summed E-state index contributed by atoms with van der Waals surface area (Å²) in [5.41, 5.74) is 12.5. The molecule has 0 saturated heterocycles. The molecule has 40 heavy (non-hydrogen) atoms. The molecular weight excluding hydrogens is 480 g/mol. The van der Waals surface area contributed by atoms with Crippen LogP contribution in [0.1, 0.15) is 11.1 Å². The second-order valence-electron chi connectivity index (χ2n) is 10.8. The molecule has 190 valence electrons. The largest absolute Gasteiger partial charge is 0.0622 e. The van der Waals surface area contributed by atoms with Crippen molar-refractivity contribution in [2.24, 2.45) is 0 Å². The average molecular weight is 511 g/mol. The first-order valence-electron chi connectivity index (χ1n) is 13.9. The molecule has 0 heteroatoms. The molecule has 0 heterocycles. The molecule has 0 N–H and O–H groups in total. The molecule has 0 nitrogen and oxygen atoms in total. The molecule has 0 unspecified atom stereocenters. The van der Waals surface area contributed by atoms with E-state index < -0.39 is 0 Å². The van der Waals surface area contributed by atoms with E-state index in [1.165, 1.54) is 77.2 Å². The van der Waals surface area contributed by atoms with Crippen molar-refractivity contribution in [1.82, 2.24) is 0 Å². The van der Waals surface area contributed by atoms with Crippen LogP contribution in [0.2, 0.25) is 0 Å². The molecule has 7 aromatic rings. The highest BCUT2D eigenvalue weighted by Gasteiger charge is 2.14. The van der Waals surface area contributed by atoms with Crippen LogP contribution >= 0.6 is 0 Å². The lowest BCUT2D eigenvalue weighted by Gasteiger charge is -2.16. The Hall–Kier alpha value is -4.94. The molecule has 0 spiro atoms. The van der Waals surface area contributed by atoms with Gasteiger partial charge in [-0.05, 0) is 116 Å².